The SMILES string of the molecule is COc1ccc(/C=N\NC(=O)c2cncc(Br)c2)c(OC)c1. The molecule has 1 aromatic carbocycles. The van der Waals surface area contributed by atoms with Crippen LogP contribution >= 0.6 is 15.9 Å². The van der Waals surface area contributed by atoms with Crippen LogP contribution in [0.25, 0.3) is 0 Å². The van der Waals surface area contributed by atoms with Crippen molar-refractivity contribution in [3.63, 3.8) is 0 Å². The monoisotopic (exact) mass is 363 g/mol. The van der Waals surface area contributed by atoms with Gasteiger partial charge in [-0.25, -0.2) is 5.43 Å². The van der Waals surface area contributed by atoms with Crippen molar-refractivity contribution >= 4 is 28.1 Å². The number of amides is 1. The quantitative estimate of drug-likeness (QED) is 0.654. The molecule has 0 bridgehead atoms. The highest BCUT2D eigenvalue weighted by atomic mass is 79.9. The molecular formula is C15H14BrN3O3. The molecule has 0 spiro atoms. The molecule has 1 heterocycles. The Hall–Kier alpha value is -2.41. The lowest BCUT2D eigenvalue weighted by molar-refractivity contribution is 0.0954. The molecule has 0 saturated carbocycles. The van der Waals surface area contributed by atoms with Gasteiger partial charge in [0.15, 0.2) is 0 Å². The summed E-state index contributed by atoms with van der Waals surface area (Å²) in [6.45, 7) is 0. The number of rotatable bonds is 5. The van der Waals surface area contributed by atoms with E-state index in [-0.39, 0.29) is 5.91 Å². The standard InChI is InChI=1S/C15H14BrN3O3/c1-21-13-4-3-10(14(6-13)22-2)8-18-19-15(20)11-5-12(16)9-17-7-11/h3-9H,1-2H3,(H,19,20)/b18-8-. The summed E-state index contributed by atoms with van der Waals surface area (Å²) >= 11 is 3.26. The molecule has 0 radical (unpaired) electrons. The van der Waals surface area contributed by atoms with Gasteiger partial charge in [-0.05, 0) is 34.1 Å². The van der Waals surface area contributed by atoms with Crippen molar-refractivity contribution in [3.05, 3.63) is 52.3 Å². The number of methoxy groups -OCH3 is 2. The minimum Gasteiger partial charge on any atom is -0.497 e. The van der Waals surface area contributed by atoms with Gasteiger partial charge in [0.2, 0.25) is 0 Å². The first-order chi connectivity index (χ1) is 10.6. The third-order valence-electron chi connectivity index (χ3n) is 2.78. The van der Waals surface area contributed by atoms with Gasteiger partial charge in [-0.3, -0.25) is 9.78 Å². The van der Waals surface area contributed by atoms with Gasteiger partial charge in [0.05, 0.1) is 26.0 Å². The zero-order valence-electron chi connectivity index (χ0n) is 12.0. The summed E-state index contributed by atoms with van der Waals surface area (Å²) in [6.07, 6.45) is 4.56. The largest absolute Gasteiger partial charge is 0.497 e. The van der Waals surface area contributed by atoms with Crippen LogP contribution in [-0.4, -0.2) is 31.3 Å². The number of hydrogen-bond acceptors (Lipinski definition) is 5. The Kier molecular flexibility index (Phi) is 5.48. The molecule has 1 amide bonds. The number of carbonyl (C=O) groups excluding carboxylic acids is 1. The van der Waals surface area contributed by atoms with Crippen molar-refractivity contribution < 1.29 is 14.3 Å². The molecule has 7 heteroatoms. The molecule has 0 aliphatic carbocycles. The molecule has 1 aromatic heterocycles. The second kappa shape index (κ2) is 7.56. The van der Waals surface area contributed by atoms with Gasteiger partial charge in [-0.1, -0.05) is 0 Å². The van der Waals surface area contributed by atoms with Crippen LogP contribution in [0, 0.1) is 0 Å². The number of aromatic nitrogens is 1. The highest BCUT2D eigenvalue weighted by Gasteiger charge is 2.06. The Morgan fingerprint density at radius 1 is 1.27 bits per heavy atom. The number of halogens is 1. The van der Waals surface area contributed by atoms with Crippen LogP contribution in [0.3, 0.4) is 0 Å². The zero-order valence-corrected chi connectivity index (χ0v) is 13.6. The second-order valence-corrected chi connectivity index (χ2v) is 5.11. The summed E-state index contributed by atoms with van der Waals surface area (Å²) in [7, 11) is 3.13. The first kappa shape index (κ1) is 16.0. The molecule has 0 saturated heterocycles. The number of carbonyl (C=O) groups is 1. The summed E-state index contributed by atoms with van der Waals surface area (Å²) in [5.74, 6) is 0.928. The minimum atomic E-state index is -0.350. The first-order valence-corrected chi connectivity index (χ1v) is 7.09. The lowest BCUT2D eigenvalue weighted by Gasteiger charge is -2.06. The van der Waals surface area contributed by atoms with Crippen LogP contribution in [0.1, 0.15) is 15.9 Å². The molecule has 0 aliphatic heterocycles. The number of nitrogens with zero attached hydrogens (tertiary/aromatic N) is 2. The van der Waals surface area contributed by atoms with Gasteiger partial charge in [-0.2, -0.15) is 5.10 Å². The van der Waals surface area contributed by atoms with Crippen LogP contribution in [0.15, 0.2) is 46.2 Å². The van der Waals surface area contributed by atoms with Gasteiger partial charge in [0.25, 0.3) is 5.91 Å². The van der Waals surface area contributed by atoms with E-state index in [1.54, 1.807) is 44.7 Å². The van der Waals surface area contributed by atoms with Crippen molar-refractivity contribution in [3.8, 4) is 11.5 Å². The Morgan fingerprint density at radius 2 is 2.09 bits per heavy atom. The maximum absolute atomic E-state index is 11.9. The van der Waals surface area contributed by atoms with E-state index >= 15 is 0 Å². The van der Waals surface area contributed by atoms with Crippen molar-refractivity contribution in [2.75, 3.05) is 14.2 Å². The summed E-state index contributed by atoms with van der Waals surface area (Å²) in [5.41, 5.74) is 3.57. The normalized spacial score (nSPS) is 10.5. The van der Waals surface area contributed by atoms with Crippen LogP contribution in [-0.2, 0) is 0 Å². The highest BCUT2D eigenvalue weighted by molar-refractivity contribution is 9.10. The minimum absolute atomic E-state index is 0.350. The average Bonchev–Trinajstić information content (AvgIpc) is 2.54. The molecule has 0 unspecified atom stereocenters. The summed E-state index contributed by atoms with van der Waals surface area (Å²) in [6, 6.07) is 6.96. The predicted octanol–water partition coefficient (Wildman–Crippen LogP) is 2.63. The number of hydrazone groups is 1. The molecular weight excluding hydrogens is 350 g/mol. The van der Waals surface area contributed by atoms with Crippen LogP contribution in [0.4, 0.5) is 0 Å². The first-order valence-electron chi connectivity index (χ1n) is 6.30. The van der Waals surface area contributed by atoms with Gasteiger partial charge >= 0.3 is 0 Å². The fourth-order valence-electron chi connectivity index (χ4n) is 1.69. The van der Waals surface area contributed by atoms with E-state index in [1.807, 2.05) is 0 Å². The van der Waals surface area contributed by atoms with Gasteiger partial charge in [0.1, 0.15) is 11.5 Å². The van der Waals surface area contributed by atoms with E-state index in [2.05, 4.69) is 31.4 Å². The Balaban J connectivity index is 2.08. The van der Waals surface area contributed by atoms with Crippen molar-refractivity contribution in [2.45, 2.75) is 0 Å². The van der Waals surface area contributed by atoms with E-state index in [1.165, 1.54) is 12.4 Å². The molecule has 0 aliphatic rings. The lowest BCUT2D eigenvalue weighted by atomic mass is 10.2. The number of pyridine rings is 1. The molecule has 2 aromatic rings. The van der Waals surface area contributed by atoms with E-state index in [4.69, 9.17) is 9.47 Å². The average molecular weight is 364 g/mol. The number of benzene rings is 1. The molecule has 0 fully saturated rings. The number of ether oxygens (including phenoxy) is 2. The third kappa shape index (κ3) is 4.05. The van der Waals surface area contributed by atoms with E-state index < -0.39 is 0 Å². The maximum atomic E-state index is 11.9. The lowest BCUT2D eigenvalue weighted by Crippen LogP contribution is -2.17. The summed E-state index contributed by atoms with van der Waals surface area (Å²) < 4.78 is 11.1. The molecule has 2 rings (SSSR count). The fourth-order valence-corrected chi connectivity index (χ4v) is 2.05. The zero-order chi connectivity index (χ0) is 15.9. The molecule has 114 valence electrons. The van der Waals surface area contributed by atoms with Crippen molar-refractivity contribution in [2.24, 2.45) is 5.10 Å². The summed E-state index contributed by atoms with van der Waals surface area (Å²) in [4.78, 5) is 15.8. The maximum Gasteiger partial charge on any atom is 0.272 e. The van der Waals surface area contributed by atoms with E-state index in [9.17, 15) is 4.79 Å². The van der Waals surface area contributed by atoms with Gasteiger partial charge in [0, 0.05) is 28.5 Å². The van der Waals surface area contributed by atoms with E-state index in [0.717, 1.165) is 10.0 Å². The highest BCUT2D eigenvalue weighted by Crippen LogP contribution is 2.22. The predicted molar refractivity (Wildman–Crippen MR) is 86.5 cm³/mol. The number of nitrogens with one attached hydrogen (secondary N) is 1. The van der Waals surface area contributed by atoms with Crippen molar-refractivity contribution in [1.82, 2.24) is 10.4 Å². The van der Waals surface area contributed by atoms with E-state index in [0.29, 0.717) is 17.1 Å². The Morgan fingerprint density at radius 3 is 2.77 bits per heavy atom. The van der Waals surface area contributed by atoms with Gasteiger partial charge < -0.3 is 9.47 Å². The third-order valence-corrected chi connectivity index (χ3v) is 3.21. The molecule has 0 atom stereocenters. The Bertz CT molecular complexity index is 704. The summed E-state index contributed by atoms with van der Waals surface area (Å²) in [5, 5.41) is 3.92. The second-order valence-electron chi connectivity index (χ2n) is 4.20. The Labute approximate surface area is 136 Å². The molecule has 6 nitrogen and oxygen atoms in total. The van der Waals surface area contributed by atoms with Crippen LogP contribution in [0.5, 0.6) is 11.5 Å². The van der Waals surface area contributed by atoms with Crippen LogP contribution < -0.4 is 14.9 Å². The van der Waals surface area contributed by atoms with Crippen molar-refractivity contribution in [1.29, 1.82) is 0 Å². The van der Waals surface area contributed by atoms with Gasteiger partial charge in [-0.15, -0.1) is 0 Å². The molecule has 22 heavy (non-hydrogen) atoms. The van der Waals surface area contributed by atoms with Crippen LogP contribution in [0.2, 0.25) is 0 Å². The smallest absolute Gasteiger partial charge is 0.272 e. The fraction of sp³-hybridized carbons (Fsp3) is 0.133. The topological polar surface area (TPSA) is 72.8 Å². The molecule has 1 N–H and O–H groups in total. The number of hydrogen-bond donors (Lipinski definition) is 1.